The van der Waals surface area contributed by atoms with Crippen LogP contribution in [0.4, 0.5) is 0 Å². The number of hydrogen-bond acceptors (Lipinski definition) is 3. The van der Waals surface area contributed by atoms with Crippen LogP contribution in [-0.4, -0.2) is 25.3 Å². The van der Waals surface area contributed by atoms with Gasteiger partial charge in [-0.05, 0) is 37.1 Å². The summed E-state index contributed by atoms with van der Waals surface area (Å²) in [6, 6.07) is 13.1. The summed E-state index contributed by atoms with van der Waals surface area (Å²) >= 11 is 0. The first-order valence-corrected chi connectivity index (χ1v) is 7.05. The quantitative estimate of drug-likeness (QED) is 0.888. The number of carboxylic acids is 1. The molecule has 4 nitrogen and oxygen atoms in total. The summed E-state index contributed by atoms with van der Waals surface area (Å²) in [6.45, 7) is 2.00. The molecule has 0 saturated carbocycles. The fourth-order valence-corrected chi connectivity index (χ4v) is 2.40. The number of rotatable bonds is 6. The zero-order chi connectivity index (χ0) is 16.1. The lowest BCUT2D eigenvalue weighted by Crippen LogP contribution is -2.15. The number of methoxy groups -OCH3 is 2. The van der Waals surface area contributed by atoms with Crippen LogP contribution >= 0.6 is 0 Å². The summed E-state index contributed by atoms with van der Waals surface area (Å²) in [5, 5.41) is 9.63. The van der Waals surface area contributed by atoms with E-state index in [0.717, 1.165) is 11.1 Å². The van der Waals surface area contributed by atoms with Gasteiger partial charge in [-0.3, -0.25) is 4.79 Å². The lowest BCUT2D eigenvalue weighted by atomic mass is 9.91. The summed E-state index contributed by atoms with van der Waals surface area (Å²) in [6.07, 6.45) is 0.402. The molecule has 1 unspecified atom stereocenters. The molecule has 0 amide bonds. The third-order valence-corrected chi connectivity index (χ3v) is 3.67. The first-order chi connectivity index (χ1) is 10.5. The molecule has 2 aromatic rings. The number of benzene rings is 2. The molecule has 1 atom stereocenters. The number of hydrogen-bond donors (Lipinski definition) is 1. The highest BCUT2D eigenvalue weighted by Gasteiger charge is 2.24. The van der Waals surface area contributed by atoms with Crippen LogP contribution in [0, 0.1) is 6.92 Å². The Hall–Kier alpha value is -2.49. The van der Waals surface area contributed by atoms with E-state index in [-0.39, 0.29) is 0 Å². The minimum Gasteiger partial charge on any atom is -0.497 e. The molecule has 2 aromatic carbocycles. The van der Waals surface area contributed by atoms with E-state index >= 15 is 0 Å². The Morgan fingerprint density at radius 1 is 1.09 bits per heavy atom. The minimum absolute atomic E-state index is 0.402. The van der Waals surface area contributed by atoms with Gasteiger partial charge in [0.1, 0.15) is 11.5 Å². The third kappa shape index (κ3) is 3.58. The van der Waals surface area contributed by atoms with Crippen molar-refractivity contribution >= 4 is 5.97 Å². The molecule has 0 spiro atoms. The molecule has 0 aliphatic rings. The van der Waals surface area contributed by atoms with E-state index < -0.39 is 11.9 Å². The average Bonchev–Trinajstić information content (AvgIpc) is 2.53. The van der Waals surface area contributed by atoms with Crippen molar-refractivity contribution in [3.63, 3.8) is 0 Å². The van der Waals surface area contributed by atoms with Crippen LogP contribution in [0.3, 0.4) is 0 Å². The van der Waals surface area contributed by atoms with Gasteiger partial charge in [0.05, 0.1) is 20.1 Å². The zero-order valence-electron chi connectivity index (χ0n) is 13.0. The van der Waals surface area contributed by atoms with E-state index in [1.807, 2.05) is 31.2 Å². The Labute approximate surface area is 130 Å². The largest absolute Gasteiger partial charge is 0.497 e. The molecule has 0 bridgehead atoms. The van der Waals surface area contributed by atoms with E-state index in [0.29, 0.717) is 23.5 Å². The van der Waals surface area contributed by atoms with Gasteiger partial charge >= 0.3 is 5.97 Å². The molecule has 2 rings (SSSR count). The van der Waals surface area contributed by atoms with Crippen LogP contribution in [0.2, 0.25) is 0 Å². The van der Waals surface area contributed by atoms with Gasteiger partial charge in [-0.2, -0.15) is 0 Å². The standard InChI is InChI=1S/C18H20O4/c1-12-4-6-13(7-5-12)10-16(18(19)20)15-11-14(21-2)8-9-17(15)22-3/h4-9,11,16H,10H2,1-3H3,(H,19,20). The Bertz CT molecular complexity index is 647. The van der Waals surface area contributed by atoms with E-state index in [9.17, 15) is 9.90 Å². The molecular weight excluding hydrogens is 280 g/mol. The highest BCUT2D eigenvalue weighted by molar-refractivity contribution is 5.78. The molecule has 0 aliphatic heterocycles. The van der Waals surface area contributed by atoms with E-state index in [4.69, 9.17) is 9.47 Å². The summed E-state index contributed by atoms with van der Waals surface area (Å²) in [5.74, 6) is -0.397. The van der Waals surface area contributed by atoms with Gasteiger partial charge in [0, 0.05) is 5.56 Å². The lowest BCUT2D eigenvalue weighted by Gasteiger charge is -2.17. The molecule has 0 radical (unpaired) electrons. The molecule has 0 aromatic heterocycles. The van der Waals surface area contributed by atoms with Crippen LogP contribution in [0.1, 0.15) is 22.6 Å². The van der Waals surface area contributed by atoms with Crippen LogP contribution < -0.4 is 9.47 Å². The van der Waals surface area contributed by atoms with Crippen LogP contribution in [-0.2, 0) is 11.2 Å². The van der Waals surface area contributed by atoms with Gasteiger partial charge in [-0.25, -0.2) is 0 Å². The van der Waals surface area contributed by atoms with Gasteiger partial charge in [0.25, 0.3) is 0 Å². The highest BCUT2D eigenvalue weighted by atomic mass is 16.5. The van der Waals surface area contributed by atoms with Gasteiger partial charge < -0.3 is 14.6 Å². The molecule has 22 heavy (non-hydrogen) atoms. The maximum atomic E-state index is 11.7. The van der Waals surface area contributed by atoms with Gasteiger partial charge in [0.15, 0.2) is 0 Å². The monoisotopic (exact) mass is 300 g/mol. The van der Waals surface area contributed by atoms with Crippen LogP contribution in [0.5, 0.6) is 11.5 Å². The molecule has 0 saturated heterocycles. The van der Waals surface area contributed by atoms with Gasteiger partial charge in [-0.1, -0.05) is 29.8 Å². The fraction of sp³-hybridized carbons (Fsp3) is 0.278. The maximum Gasteiger partial charge on any atom is 0.311 e. The molecule has 116 valence electrons. The van der Waals surface area contributed by atoms with Crippen molar-refractivity contribution in [1.29, 1.82) is 0 Å². The van der Waals surface area contributed by atoms with Crippen molar-refractivity contribution in [2.75, 3.05) is 14.2 Å². The number of aliphatic carboxylic acids is 1. The topological polar surface area (TPSA) is 55.8 Å². The minimum atomic E-state index is -0.882. The number of ether oxygens (including phenoxy) is 2. The first-order valence-electron chi connectivity index (χ1n) is 7.05. The van der Waals surface area contributed by atoms with E-state index in [2.05, 4.69) is 0 Å². The number of aryl methyl sites for hydroxylation is 1. The highest BCUT2D eigenvalue weighted by Crippen LogP contribution is 2.33. The molecule has 0 heterocycles. The van der Waals surface area contributed by atoms with Crippen molar-refractivity contribution in [2.24, 2.45) is 0 Å². The second kappa shape index (κ2) is 6.98. The van der Waals surface area contributed by atoms with E-state index in [1.54, 1.807) is 25.3 Å². The Kier molecular flexibility index (Phi) is 5.04. The molecule has 1 N–H and O–H groups in total. The van der Waals surface area contributed by atoms with Crippen molar-refractivity contribution in [1.82, 2.24) is 0 Å². The molecule has 0 fully saturated rings. The number of carboxylic acid groups (broad SMARTS) is 1. The third-order valence-electron chi connectivity index (χ3n) is 3.67. The zero-order valence-corrected chi connectivity index (χ0v) is 13.0. The summed E-state index contributed by atoms with van der Waals surface area (Å²) in [5.41, 5.74) is 2.74. The SMILES string of the molecule is COc1ccc(OC)c(C(Cc2ccc(C)cc2)C(=O)O)c1. The van der Waals surface area contributed by atoms with Crippen molar-refractivity contribution in [3.05, 3.63) is 59.2 Å². The summed E-state index contributed by atoms with van der Waals surface area (Å²) in [4.78, 5) is 11.7. The Morgan fingerprint density at radius 3 is 2.32 bits per heavy atom. The predicted octanol–water partition coefficient (Wildman–Crippen LogP) is 3.42. The predicted molar refractivity (Wildman–Crippen MR) is 84.8 cm³/mol. The van der Waals surface area contributed by atoms with Crippen molar-refractivity contribution < 1.29 is 19.4 Å². The summed E-state index contributed by atoms with van der Waals surface area (Å²) < 4.78 is 10.5. The van der Waals surface area contributed by atoms with Crippen LogP contribution in [0.15, 0.2) is 42.5 Å². The second-order valence-corrected chi connectivity index (χ2v) is 5.19. The normalized spacial score (nSPS) is 11.8. The average molecular weight is 300 g/mol. The van der Waals surface area contributed by atoms with Crippen molar-refractivity contribution in [2.45, 2.75) is 19.3 Å². The van der Waals surface area contributed by atoms with Gasteiger partial charge in [0.2, 0.25) is 0 Å². The smallest absolute Gasteiger partial charge is 0.311 e. The van der Waals surface area contributed by atoms with E-state index in [1.165, 1.54) is 7.11 Å². The lowest BCUT2D eigenvalue weighted by molar-refractivity contribution is -0.138. The molecule has 0 aliphatic carbocycles. The summed E-state index contributed by atoms with van der Waals surface area (Å²) in [7, 11) is 3.09. The first kappa shape index (κ1) is 15.9. The molecular formula is C18H20O4. The molecule has 4 heteroatoms. The van der Waals surface area contributed by atoms with Crippen molar-refractivity contribution in [3.8, 4) is 11.5 Å². The van der Waals surface area contributed by atoms with Crippen LogP contribution in [0.25, 0.3) is 0 Å². The second-order valence-electron chi connectivity index (χ2n) is 5.19. The fourth-order valence-electron chi connectivity index (χ4n) is 2.40. The van der Waals surface area contributed by atoms with Gasteiger partial charge in [-0.15, -0.1) is 0 Å². The number of carbonyl (C=O) groups is 1. The Morgan fingerprint density at radius 2 is 1.77 bits per heavy atom. The Balaban J connectivity index is 2.39. The maximum absolute atomic E-state index is 11.7.